The molecular weight excluding hydrogens is 296 g/mol. The van der Waals surface area contributed by atoms with Crippen LogP contribution in [0.3, 0.4) is 0 Å². The summed E-state index contributed by atoms with van der Waals surface area (Å²) < 4.78 is 31.4. The average molecular weight is 306 g/mol. The molecule has 0 spiro atoms. The fourth-order valence-corrected chi connectivity index (χ4v) is 1.97. The van der Waals surface area contributed by atoms with Crippen molar-refractivity contribution in [3.63, 3.8) is 0 Å². The molecule has 0 radical (unpaired) electrons. The topological polar surface area (TPSA) is 38.3 Å². The molecule has 1 amide bonds. The molecule has 1 aliphatic rings. The molecule has 1 heterocycles. The maximum Gasteiger partial charge on any atom is 0.253 e. The Balaban J connectivity index is 2.15. The molecule has 0 aliphatic carbocycles. The predicted molar refractivity (Wildman–Crippen MR) is 61.7 cm³/mol. The van der Waals surface area contributed by atoms with E-state index in [2.05, 4.69) is 21.2 Å². The Morgan fingerprint density at radius 3 is 2.88 bits per heavy atom. The number of hydrogen-bond acceptors (Lipinski definition) is 2. The van der Waals surface area contributed by atoms with Crippen LogP contribution in [0.2, 0.25) is 0 Å². The number of rotatable bonds is 2. The molecular formula is C11H10BrF2NO2. The first kappa shape index (κ1) is 12.4. The third-order valence-electron chi connectivity index (χ3n) is 2.47. The van der Waals surface area contributed by atoms with E-state index in [1.54, 1.807) is 0 Å². The van der Waals surface area contributed by atoms with Crippen LogP contribution >= 0.6 is 15.9 Å². The van der Waals surface area contributed by atoms with Crippen LogP contribution in [0.1, 0.15) is 12.8 Å². The minimum atomic E-state index is -0.757. The molecule has 92 valence electrons. The number of nitrogens with one attached hydrogen (secondary N) is 1. The summed E-state index contributed by atoms with van der Waals surface area (Å²) in [6.07, 6.45) is 0.908. The van der Waals surface area contributed by atoms with Crippen LogP contribution in [0.25, 0.3) is 0 Å². The van der Waals surface area contributed by atoms with Crippen molar-refractivity contribution < 1.29 is 18.3 Å². The fraction of sp³-hybridized carbons (Fsp3) is 0.364. The van der Waals surface area contributed by atoms with E-state index in [-0.39, 0.29) is 16.1 Å². The molecule has 1 fully saturated rings. The molecule has 0 bridgehead atoms. The second kappa shape index (κ2) is 5.10. The molecule has 6 heteroatoms. The summed E-state index contributed by atoms with van der Waals surface area (Å²) in [7, 11) is 0. The van der Waals surface area contributed by atoms with Gasteiger partial charge in [-0.25, -0.2) is 8.78 Å². The number of amides is 1. The van der Waals surface area contributed by atoms with E-state index in [9.17, 15) is 13.6 Å². The van der Waals surface area contributed by atoms with Gasteiger partial charge in [-0.2, -0.15) is 0 Å². The number of ether oxygens (including phenoxy) is 1. The average Bonchev–Trinajstić information content (AvgIpc) is 2.78. The second-order valence-corrected chi connectivity index (χ2v) is 4.53. The van der Waals surface area contributed by atoms with Crippen LogP contribution < -0.4 is 5.32 Å². The Hall–Kier alpha value is -1.01. The van der Waals surface area contributed by atoms with Crippen molar-refractivity contribution in [1.29, 1.82) is 0 Å². The van der Waals surface area contributed by atoms with Gasteiger partial charge in [0.1, 0.15) is 17.7 Å². The predicted octanol–water partition coefficient (Wildman–Crippen LogP) is 2.84. The smallest absolute Gasteiger partial charge is 0.253 e. The Kier molecular flexibility index (Phi) is 3.73. The van der Waals surface area contributed by atoms with E-state index in [1.165, 1.54) is 0 Å². The summed E-state index contributed by atoms with van der Waals surface area (Å²) in [5.41, 5.74) is 0.0722. The standard InChI is InChI=1S/C11H10BrF2NO2/c12-10-7(14)4-6(13)5-8(10)15-11(16)9-2-1-3-17-9/h4-5,9H,1-3H2,(H,15,16)/t9-/m0/s1. The molecule has 3 nitrogen and oxygen atoms in total. The molecule has 0 aromatic heterocycles. The van der Waals surface area contributed by atoms with Gasteiger partial charge in [0.25, 0.3) is 5.91 Å². The molecule has 0 unspecified atom stereocenters. The van der Waals surface area contributed by atoms with Crippen molar-refractivity contribution in [2.75, 3.05) is 11.9 Å². The first-order valence-electron chi connectivity index (χ1n) is 5.15. The van der Waals surface area contributed by atoms with Crippen molar-refractivity contribution in [1.82, 2.24) is 0 Å². The van der Waals surface area contributed by atoms with Crippen molar-refractivity contribution >= 4 is 27.5 Å². The van der Waals surface area contributed by atoms with Gasteiger partial charge in [0, 0.05) is 12.7 Å². The highest BCUT2D eigenvalue weighted by Crippen LogP contribution is 2.27. The normalized spacial score (nSPS) is 19.4. The van der Waals surface area contributed by atoms with Gasteiger partial charge in [-0.15, -0.1) is 0 Å². The third-order valence-corrected chi connectivity index (χ3v) is 3.28. The highest BCUT2D eigenvalue weighted by Gasteiger charge is 2.24. The van der Waals surface area contributed by atoms with Crippen molar-refractivity contribution in [2.24, 2.45) is 0 Å². The van der Waals surface area contributed by atoms with E-state index < -0.39 is 17.7 Å². The number of hydrogen-bond donors (Lipinski definition) is 1. The zero-order valence-corrected chi connectivity index (χ0v) is 10.4. The Morgan fingerprint density at radius 2 is 2.24 bits per heavy atom. The molecule has 0 saturated carbocycles. The molecule has 1 saturated heterocycles. The maximum atomic E-state index is 13.2. The van der Waals surface area contributed by atoms with E-state index in [0.717, 1.165) is 18.6 Å². The highest BCUT2D eigenvalue weighted by molar-refractivity contribution is 9.10. The van der Waals surface area contributed by atoms with Gasteiger partial charge in [-0.1, -0.05) is 0 Å². The molecule has 1 aliphatic heterocycles. The largest absolute Gasteiger partial charge is 0.368 e. The molecule has 1 N–H and O–H groups in total. The zero-order valence-electron chi connectivity index (χ0n) is 8.80. The minimum absolute atomic E-state index is 0.0326. The summed E-state index contributed by atoms with van der Waals surface area (Å²) in [6.45, 7) is 0.538. The van der Waals surface area contributed by atoms with Gasteiger partial charge in [-0.05, 0) is 34.8 Å². The monoisotopic (exact) mass is 305 g/mol. The fourth-order valence-electron chi connectivity index (χ4n) is 1.64. The Bertz CT molecular complexity index is 447. The summed E-state index contributed by atoms with van der Waals surface area (Å²) >= 11 is 2.95. The van der Waals surface area contributed by atoms with Crippen LogP contribution in [0.15, 0.2) is 16.6 Å². The van der Waals surface area contributed by atoms with Crippen LogP contribution in [-0.2, 0) is 9.53 Å². The van der Waals surface area contributed by atoms with E-state index in [4.69, 9.17) is 4.74 Å². The lowest BCUT2D eigenvalue weighted by atomic mass is 10.2. The minimum Gasteiger partial charge on any atom is -0.368 e. The van der Waals surface area contributed by atoms with Gasteiger partial charge < -0.3 is 10.1 Å². The van der Waals surface area contributed by atoms with E-state index in [0.29, 0.717) is 13.0 Å². The second-order valence-electron chi connectivity index (χ2n) is 3.74. The first-order valence-corrected chi connectivity index (χ1v) is 5.94. The Labute approximate surface area is 105 Å². The SMILES string of the molecule is O=C(Nc1cc(F)cc(F)c1Br)[C@@H]1CCCO1. The lowest BCUT2D eigenvalue weighted by Crippen LogP contribution is -2.27. The number of benzene rings is 1. The van der Waals surface area contributed by atoms with E-state index >= 15 is 0 Å². The van der Waals surface area contributed by atoms with Crippen LogP contribution in [-0.4, -0.2) is 18.6 Å². The zero-order chi connectivity index (χ0) is 12.4. The van der Waals surface area contributed by atoms with Gasteiger partial charge in [0.2, 0.25) is 0 Å². The maximum absolute atomic E-state index is 13.2. The summed E-state index contributed by atoms with van der Waals surface area (Å²) in [6, 6.07) is 1.80. The van der Waals surface area contributed by atoms with Crippen molar-refractivity contribution in [3.05, 3.63) is 28.2 Å². The number of halogens is 3. The summed E-state index contributed by atoms with van der Waals surface area (Å²) in [4.78, 5) is 11.7. The van der Waals surface area contributed by atoms with Crippen LogP contribution in [0.5, 0.6) is 0 Å². The van der Waals surface area contributed by atoms with Crippen molar-refractivity contribution in [2.45, 2.75) is 18.9 Å². The lowest BCUT2D eigenvalue weighted by molar-refractivity contribution is -0.124. The lowest BCUT2D eigenvalue weighted by Gasteiger charge is -2.12. The van der Waals surface area contributed by atoms with Crippen LogP contribution in [0, 0.1) is 11.6 Å². The summed E-state index contributed by atoms with van der Waals surface area (Å²) in [5, 5.41) is 2.44. The Morgan fingerprint density at radius 1 is 1.47 bits per heavy atom. The molecule has 1 aromatic carbocycles. The van der Waals surface area contributed by atoms with Gasteiger partial charge in [0.05, 0.1) is 10.2 Å². The number of anilines is 1. The molecule has 1 atom stereocenters. The van der Waals surface area contributed by atoms with Crippen molar-refractivity contribution in [3.8, 4) is 0 Å². The van der Waals surface area contributed by atoms with E-state index in [1.807, 2.05) is 0 Å². The van der Waals surface area contributed by atoms with Gasteiger partial charge in [-0.3, -0.25) is 4.79 Å². The first-order chi connectivity index (χ1) is 8.08. The summed E-state index contributed by atoms with van der Waals surface area (Å²) in [5.74, 6) is -1.88. The van der Waals surface area contributed by atoms with Gasteiger partial charge in [0.15, 0.2) is 0 Å². The third kappa shape index (κ3) is 2.81. The van der Waals surface area contributed by atoms with Gasteiger partial charge >= 0.3 is 0 Å². The highest BCUT2D eigenvalue weighted by atomic mass is 79.9. The number of carbonyl (C=O) groups excluding carboxylic acids is 1. The molecule has 17 heavy (non-hydrogen) atoms. The molecule has 2 rings (SSSR count). The van der Waals surface area contributed by atoms with Crippen LogP contribution in [0.4, 0.5) is 14.5 Å². The number of carbonyl (C=O) groups is 1. The quantitative estimate of drug-likeness (QED) is 0.853. The molecule has 1 aromatic rings.